The van der Waals surface area contributed by atoms with Crippen molar-refractivity contribution in [2.75, 3.05) is 11.4 Å². The quantitative estimate of drug-likeness (QED) is 0.346. The van der Waals surface area contributed by atoms with Gasteiger partial charge in [0.15, 0.2) is 0 Å². The average molecular weight is 548 g/mol. The number of nitrogens with two attached hydrogens (primary N) is 1. The van der Waals surface area contributed by atoms with Gasteiger partial charge in [0.05, 0.1) is 6.04 Å². The zero-order valence-electron chi connectivity index (χ0n) is 20.2. The molecule has 1 heterocycles. The van der Waals surface area contributed by atoms with Crippen molar-refractivity contribution in [3.63, 3.8) is 0 Å². The highest BCUT2D eigenvalue weighted by molar-refractivity contribution is 7.92. The molecule has 192 valence electrons. The van der Waals surface area contributed by atoms with Crippen molar-refractivity contribution in [1.82, 2.24) is 4.72 Å². The Morgan fingerprint density at radius 1 is 1.11 bits per heavy atom. The number of carbonyl (C=O) groups is 2. The lowest BCUT2D eigenvalue weighted by atomic mass is 9.96. The van der Waals surface area contributed by atoms with Crippen molar-refractivity contribution in [1.29, 1.82) is 0 Å². The number of hydrogen-bond donors (Lipinski definition) is 2. The number of benzene rings is 2. The maximum absolute atomic E-state index is 13.4. The number of sulfonamides is 1. The minimum atomic E-state index is -3.96. The molecule has 1 aromatic heterocycles. The molecule has 0 bridgehead atoms. The molecule has 0 spiro atoms. The normalized spacial score (nSPS) is 13.1. The Labute approximate surface area is 221 Å². The van der Waals surface area contributed by atoms with Crippen LogP contribution in [0.4, 0.5) is 5.69 Å². The predicted molar refractivity (Wildman–Crippen MR) is 145 cm³/mol. The number of amides is 2. The van der Waals surface area contributed by atoms with Gasteiger partial charge in [-0.05, 0) is 46.7 Å². The van der Waals surface area contributed by atoms with Gasteiger partial charge in [-0.25, -0.2) is 13.1 Å². The highest BCUT2D eigenvalue weighted by Gasteiger charge is 2.25. The largest absolute Gasteiger partial charge is 0.320 e. The Hall–Kier alpha value is -2.72. The second kappa shape index (κ2) is 12.5. The number of hydrogen-bond acceptors (Lipinski definition) is 6. The maximum atomic E-state index is 13.4. The molecule has 2 aromatic carbocycles. The smallest absolute Gasteiger partial charge is 0.273 e. The van der Waals surface area contributed by atoms with Crippen LogP contribution >= 0.6 is 22.9 Å². The number of rotatable bonds is 11. The van der Waals surface area contributed by atoms with Gasteiger partial charge in [-0.1, -0.05) is 68.3 Å². The van der Waals surface area contributed by atoms with E-state index in [1.807, 2.05) is 44.2 Å². The number of halogens is 1. The van der Waals surface area contributed by atoms with Crippen molar-refractivity contribution in [2.45, 2.75) is 43.4 Å². The predicted octanol–water partition coefficient (Wildman–Crippen LogP) is 5.11. The van der Waals surface area contributed by atoms with Crippen LogP contribution in [0.5, 0.6) is 0 Å². The molecule has 2 atom stereocenters. The van der Waals surface area contributed by atoms with Gasteiger partial charge in [0.1, 0.15) is 4.21 Å². The molecule has 3 rings (SSSR count). The van der Waals surface area contributed by atoms with E-state index in [9.17, 15) is 18.0 Å². The van der Waals surface area contributed by atoms with E-state index < -0.39 is 22.0 Å². The topological polar surface area (TPSA) is 110 Å². The number of nitrogens with zero attached hydrogens (tertiary/aromatic N) is 1. The number of anilines is 1. The Bertz CT molecular complexity index is 1280. The van der Waals surface area contributed by atoms with Gasteiger partial charge in [0.25, 0.3) is 10.0 Å². The van der Waals surface area contributed by atoms with Gasteiger partial charge in [0, 0.05) is 30.1 Å². The molecule has 0 radical (unpaired) electrons. The van der Waals surface area contributed by atoms with Crippen LogP contribution in [0.2, 0.25) is 5.02 Å². The third-order valence-electron chi connectivity index (χ3n) is 5.87. The zero-order valence-corrected chi connectivity index (χ0v) is 22.6. The molecular formula is C26H30ClN3O4S2. The fraction of sp³-hybridized carbons (Fsp3) is 0.308. The van der Waals surface area contributed by atoms with Crippen molar-refractivity contribution >= 4 is 50.5 Å². The van der Waals surface area contributed by atoms with Crippen LogP contribution in [-0.4, -0.2) is 26.8 Å². The van der Waals surface area contributed by atoms with E-state index in [-0.39, 0.29) is 35.4 Å². The summed E-state index contributed by atoms with van der Waals surface area (Å²) in [4.78, 5) is 27.5. The maximum Gasteiger partial charge on any atom is 0.273 e. The second-order valence-electron chi connectivity index (χ2n) is 8.57. The van der Waals surface area contributed by atoms with Crippen LogP contribution in [0.25, 0.3) is 0 Å². The molecule has 3 aromatic rings. The lowest BCUT2D eigenvalue weighted by Crippen LogP contribution is -2.38. The monoisotopic (exact) mass is 547 g/mol. The summed E-state index contributed by atoms with van der Waals surface area (Å²) in [5, 5.41) is 2.08. The summed E-state index contributed by atoms with van der Waals surface area (Å²) in [6.45, 7) is 3.97. The van der Waals surface area contributed by atoms with Gasteiger partial charge in [-0.3, -0.25) is 9.59 Å². The molecular weight excluding hydrogens is 518 g/mol. The first-order valence-electron chi connectivity index (χ1n) is 11.6. The molecule has 0 aliphatic rings. The molecule has 7 nitrogen and oxygen atoms in total. The summed E-state index contributed by atoms with van der Waals surface area (Å²) in [5.74, 6) is -0.749. The minimum absolute atomic E-state index is 0.0167. The fourth-order valence-electron chi connectivity index (χ4n) is 3.67. The molecule has 36 heavy (non-hydrogen) atoms. The molecule has 0 aliphatic heterocycles. The summed E-state index contributed by atoms with van der Waals surface area (Å²) in [6.07, 6.45) is 0.879. The Morgan fingerprint density at radius 3 is 2.47 bits per heavy atom. The first-order valence-corrected chi connectivity index (χ1v) is 14.4. The van der Waals surface area contributed by atoms with Gasteiger partial charge >= 0.3 is 0 Å². The lowest BCUT2D eigenvalue weighted by Gasteiger charge is -2.28. The average Bonchev–Trinajstić information content (AvgIpc) is 3.41. The first-order chi connectivity index (χ1) is 17.1. The zero-order chi connectivity index (χ0) is 26.3. The van der Waals surface area contributed by atoms with Gasteiger partial charge in [0.2, 0.25) is 11.8 Å². The molecule has 0 saturated carbocycles. The molecule has 0 aliphatic carbocycles. The van der Waals surface area contributed by atoms with Crippen LogP contribution in [0.1, 0.15) is 50.3 Å². The van der Waals surface area contributed by atoms with Crippen LogP contribution in [-0.2, 0) is 19.6 Å². The standard InChI is InChI=1S/C26H30ClN3O4S2/c1-3-18(2)16-24(32)30(14-13-23(31)29-36(33,34)25-10-7-15-35-25)22-12-11-20(27)17-21(22)26(28)19-8-5-4-6-9-19/h4-12,15,17-18,26H,3,13-14,16,28H2,1-2H3,(H,29,31)/t18-,26-/m0/s1. The lowest BCUT2D eigenvalue weighted by molar-refractivity contribution is -0.120. The third-order valence-corrected chi connectivity index (χ3v) is 8.87. The third kappa shape index (κ3) is 7.16. The van der Waals surface area contributed by atoms with Crippen LogP contribution in [0.3, 0.4) is 0 Å². The van der Waals surface area contributed by atoms with Gasteiger partial charge in [-0.2, -0.15) is 0 Å². The fourth-order valence-corrected chi connectivity index (χ4v) is 5.86. The molecule has 2 amide bonds. The van der Waals surface area contributed by atoms with E-state index in [4.69, 9.17) is 17.3 Å². The summed E-state index contributed by atoms with van der Waals surface area (Å²) >= 11 is 7.32. The van der Waals surface area contributed by atoms with Crippen LogP contribution in [0, 0.1) is 5.92 Å². The minimum Gasteiger partial charge on any atom is -0.320 e. The summed E-state index contributed by atoms with van der Waals surface area (Å²) < 4.78 is 27.0. The molecule has 0 unspecified atom stereocenters. The SMILES string of the molecule is CC[C@H](C)CC(=O)N(CCC(=O)NS(=O)(=O)c1cccs1)c1ccc(Cl)cc1[C@@H](N)c1ccccc1. The molecule has 0 fully saturated rings. The van der Waals surface area contributed by atoms with Crippen LogP contribution < -0.4 is 15.4 Å². The van der Waals surface area contributed by atoms with Crippen molar-refractivity contribution in [3.8, 4) is 0 Å². The van der Waals surface area contributed by atoms with E-state index in [2.05, 4.69) is 4.72 Å². The first kappa shape index (κ1) is 27.9. The van der Waals surface area contributed by atoms with E-state index in [1.165, 1.54) is 11.0 Å². The number of carbonyl (C=O) groups excluding carboxylic acids is 2. The van der Waals surface area contributed by atoms with Crippen molar-refractivity contribution in [2.24, 2.45) is 11.7 Å². The van der Waals surface area contributed by atoms with E-state index in [0.717, 1.165) is 23.3 Å². The summed E-state index contributed by atoms with van der Waals surface area (Å²) in [7, 11) is -3.96. The van der Waals surface area contributed by atoms with E-state index in [1.54, 1.807) is 29.6 Å². The van der Waals surface area contributed by atoms with Crippen molar-refractivity contribution in [3.05, 3.63) is 82.2 Å². The van der Waals surface area contributed by atoms with Crippen molar-refractivity contribution < 1.29 is 18.0 Å². The van der Waals surface area contributed by atoms with Gasteiger partial charge in [-0.15, -0.1) is 11.3 Å². The molecule has 10 heteroatoms. The Kier molecular flexibility index (Phi) is 9.67. The van der Waals surface area contributed by atoms with E-state index in [0.29, 0.717) is 16.3 Å². The molecule has 3 N–H and O–H groups in total. The number of nitrogens with one attached hydrogen (secondary N) is 1. The Morgan fingerprint density at radius 2 is 1.83 bits per heavy atom. The summed E-state index contributed by atoms with van der Waals surface area (Å²) in [5.41, 5.74) is 8.61. The van der Waals surface area contributed by atoms with E-state index >= 15 is 0 Å². The Balaban J connectivity index is 1.90. The van der Waals surface area contributed by atoms with Crippen LogP contribution in [0.15, 0.2) is 70.3 Å². The summed E-state index contributed by atoms with van der Waals surface area (Å²) in [6, 6.07) is 17.0. The highest BCUT2D eigenvalue weighted by atomic mass is 35.5. The highest BCUT2D eigenvalue weighted by Crippen LogP contribution is 2.33. The van der Waals surface area contributed by atoms with Gasteiger partial charge < -0.3 is 10.6 Å². The number of thiophene rings is 1. The molecule has 0 saturated heterocycles. The second-order valence-corrected chi connectivity index (χ2v) is 11.9.